The number of allylic oxidation sites excluding steroid dienone is 1. The third-order valence-electron chi connectivity index (χ3n) is 5.34. The number of aliphatic hydroxyl groups is 1. The second-order valence-electron chi connectivity index (χ2n) is 9.10. The van der Waals surface area contributed by atoms with Crippen molar-refractivity contribution < 1.29 is 33.7 Å². The van der Waals surface area contributed by atoms with Gasteiger partial charge in [0.25, 0.3) is 0 Å². The van der Waals surface area contributed by atoms with Crippen molar-refractivity contribution in [3.63, 3.8) is 0 Å². The van der Waals surface area contributed by atoms with Gasteiger partial charge in [0.2, 0.25) is 5.91 Å². The van der Waals surface area contributed by atoms with Crippen molar-refractivity contribution in [3.8, 4) is 0 Å². The Balaban J connectivity index is 3.12. The molecule has 0 aromatic heterocycles. The van der Waals surface area contributed by atoms with Gasteiger partial charge in [-0.2, -0.15) is 0 Å². The predicted molar refractivity (Wildman–Crippen MR) is 116 cm³/mol. The molecule has 1 aliphatic rings. The molecule has 4 atom stereocenters. The summed E-state index contributed by atoms with van der Waals surface area (Å²) in [6.45, 7) is 9.37. The number of nitrogens with zero attached hydrogens (tertiary/aromatic N) is 1. The molecule has 0 unspecified atom stereocenters. The third kappa shape index (κ3) is 8.99. The number of amides is 1. The number of carbonyl (C=O) groups is 3. The van der Waals surface area contributed by atoms with Crippen LogP contribution in [0.3, 0.4) is 0 Å². The Bertz CT molecular complexity index is 614. The van der Waals surface area contributed by atoms with E-state index in [9.17, 15) is 19.5 Å². The lowest BCUT2D eigenvalue weighted by molar-refractivity contribution is -0.161. The molecule has 8 heteroatoms. The SMILES string of the molecule is C=CCCCC[C@@H](COC)[C@H](CC(=O)OC(C)(C)C)C(=O)N1C[C@H](O)C[C@H]1C(=O)OC. The molecule has 1 fully saturated rings. The molecule has 1 saturated heterocycles. The van der Waals surface area contributed by atoms with Crippen LogP contribution in [0, 0.1) is 11.8 Å². The van der Waals surface area contributed by atoms with E-state index in [2.05, 4.69) is 6.58 Å². The molecule has 1 heterocycles. The van der Waals surface area contributed by atoms with Gasteiger partial charge in [0, 0.05) is 26.7 Å². The molecular weight excluding hydrogens is 402 g/mol. The zero-order valence-electron chi connectivity index (χ0n) is 19.6. The van der Waals surface area contributed by atoms with Crippen LogP contribution in [0.1, 0.15) is 59.3 Å². The number of methoxy groups -OCH3 is 2. The van der Waals surface area contributed by atoms with E-state index in [4.69, 9.17) is 14.2 Å². The minimum atomic E-state index is -0.863. The molecule has 178 valence electrons. The van der Waals surface area contributed by atoms with Gasteiger partial charge in [-0.1, -0.05) is 12.5 Å². The van der Waals surface area contributed by atoms with Crippen molar-refractivity contribution >= 4 is 17.8 Å². The van der Waals surface area contributed by atoms with Crippen LogP contribution < -0.4 is 0 Å². The number of carbonyl (C=O) groups excluding carboxylic acids is 3. The Hall–Kier alpha value is -1.93. The lowest BCUT2D eigenvalue weighted by Crippen LogP contribution is -2.47. The van der Waals surface area contributed by atoms with Gasteiger partial charge in [-0.3, -0.25) is 9.59 Å². The molecule has 0 aromatic carbocycles. The monoisotopic (exact) mass is 441 g/mol. The topological polar surface area (TPSA) is 102 Å². The van der Waals surface area contributed by atoms with E-state index in [0.717, 1.165) is 19.3 Å². The Kier molecular flexibility index (Phi) is 11.2. The molecule has 0 radical (unpaired) electrons. The average molecular weight is 442 g/mol. The van der Waals surface area contributed by atoms with E-state index >= 15 is 0 Å². The molecule has 0 aromatic rings. The van der Waals surface area contributed by atoms with Gasteiger partial charge in [0.1, 0.15) is 11.6 Å². The summed E-state index contributed by atoms with van der Waals surface area (Å²) in [6.07, 6.45) is 4.35. The number of rotatable bonds is 12. The number of esters is 2. The second kappa shape index (κ2) is 12.8. The fourth-order valence-corrected chi connectivity index (χ4v) is 3.96. The van der Waals surface area contributed by atoms with Gasteiger partial charge in [0.15, 0.2) is 0 Å². The van der Waals surface area contributed by atoms with E-state index < -0.39 is 35.6 Å². The number of aliphatic hydroxyl groups excluding tert-OH is 1. The number of hydrogen-bond acceptors (Lipinski definition) is 7. The van der Waals surface area contributed by atoms with E-state index in [1.165, 1.54) is 12.0 Å². The summed E-state index contributed by atoms with van der Waals surface area (Å²) in [5.41, 5.74) is -0.677. The molecule has 0 spiro atoms. The predicted octanol–water partition coefficient (Wildman–Crippen LogP) is 2.48. The maximum absolute atomic E-state index is 13.6. The summed E-state index contributed by atoms with van der Waals surface area (Å²) in [6, 6.07) is -0.863. The van der Waals surface area contributed by atoms with Gasteiger partial charge < -0.3 is 24.2 Å². The maximum atomic E-state index is 13.6. The van der Waals surface area contributed by atoms with Crippen LogP contribution in [0.15, 0.2) is 12.7 Å². The average Bonchev–Trinajstić information content (AvgIpc) is 3.08. The van der Waals surface area contributed by atoms with Crippen LogP contribution in [0.2, 0.25) is 0 Å². The Morgan fingerprint density at radius 2 is 1.90 bits per heavy atom. The minimum absolute atomic E-state index is 0.0274. The van der Waals surface area contributed by atoms with Crippen molar-refractivity contribution in [2.45, 2.75) is 77.0 Å². The van der Waals surface area contributed by atoms with Gasteiger partial charge >= 0.3 is 11.9 Å². The first-order valence-electron chi connectivity index (χ1n) is 10.9. The number of unbranched alkanes of at least 4 members (excludes halogenated alkanes) is 2. The summed E-state index contributed by atoms with van der Waals surface area (Å²) in [5.74, 6) is -2.37. The van der Waals surface area contributed by atoms with Crippen LogP contribution in [-0.4, -0.2) is 73.0 Å². The first-order chi connectivity index (χ1) is 14.5. The molecule has 1 N–H and O–H groups in total. The first-order valence-corrected chi connectivity index (χ1v) is 10.9. The van der Waals surface area contributed by atoms with E-state index in [0.29, 0.717) is 13.0 Å². The standard InChI is InChI=1S/C23H39NO7/c1-7-8-9-10-11-16(15-29-5)18(13-20(26)31-23(2,3)4)21(27)24-14-17(25)12-19(24)22(28)30-6/h7,16-19,25H,1,8-15H2,2-6H3/t16-,17+,18-,19-/m0/s1. The third-order valence-corrected chi connectivity index (χ3v) is 5.34. The Morgan fingerprint density at radius 3 is 2.45 bits per heavy atom. The molecule has 31 heavy (non-hydrogen) atoms. The molecule has 1 aliphatic heterocycles. The van der Waals surface area contributed by atoms with Gasteiger partial charge in [-0.25, -0.2) is 4.79 Å². The van der Waals surface area contributed by atoms with Gasteiger partial charge in [-0.15, -0.1) is 6.58 Å². The molecule has 0 bridgehead atoms. The Morgan fingerprint density at radius 1 is 1.23 bits per heavy atom. The van der Waals surface area contributed by atoms with Crippen molar-refractivity contribution in [1.82, 2.24) is 4.90 Å². The minimum Gasteiger partial charge on any atom is -0.467 e. The zero-order valence-corrected chi connectivity index (χ0v) is 19.6. The lowest BCUT2D eigenvalue weighted by atomic mass is 9.84. The van der Waals surface area contributed by atoms with Crippen molar-refractivity contribution in [3.05, 3.63) is 12.7 Å². The highest BCUT2D eigenvalue weighted by atomic mass is 16.6. The molecule has 0 aliphatic carbocycles. The molecule has 1 amide bonds. The number of likely N-dealkylation sites (tertiary alicyclic amines) is 1. The van der Waals surface area contributed by atoms with E-state index in [-0.39, 0.29) is 31.2 Å². The Labute approximate surface area is 185 Å². The first kappa shape index (κ1) is 27.1. The fourth-order valence-electron chi connectivity index (χ4n) is 3.96. The fraction of sp³-hybridized carbons (Fsp3) is 0.783. The zero-order chi connectivity index (χ0) is 23.6. The van der Waals surface area contributed by atoms with Crippen LogP contribution >= 0.6 is 0 Å². The van der Waals surface area contributed by atoms with Crippen molar-refractivity contribution in [2.24, 2.45) is 11.8 Å². The summed E-state index contributed by atoms with van der Waals surface area (Å²) < 4.78 is 15.7. The summed E-state index contributed by atoms with van der Waals surface area (Å²) in [4.78, 5) is 39.7. The molecule has 1 rings (SSSR count). The second-order valence-corrected chi connectivity index (χ2v) is 9.10. The maximum Gasteiger partial charge on any atom is 0.328 e. The van der Waals surface area contributed by atoms with Crippen LogP contribution in [0.5, 0.6) is 0 Å². The number of ether oxygens (including phenoxy) is 3. The highest BCUT2D eigenvalue weighted by molar-refractivity contribution is 5.89. The summed E-state index contributed by atoms with van der Waals surface area (Å²) in [5, 5.41) is 10.1. The largest absolute Gasteiger partial charge is 0.467 e. The smallest absolute Gasteiger partial charge is 0.328 e. The molecule has 0 saturated carbocycles. The van der Waals surface area contributed by atoms with Crippen LogP contribution in [-0.2, 0) is 28.6 Å². The highest BCUT2D eigenvalue weighted by Crippen LogP contribution is 2.30. The summed E-state index contributed by atoms with van der Waals surface area (Å²) >= 11 is 0. The van der Waals surface area contributed by atoms with E-state index in [1.54, 1.807) is 27.9 Å². The van der Waals surface area contributed by atoms with Crippen molar-refractivity contribution in [1.29, 1.82) is 0 Å². The highest BCUT2D eigenvalue weighted by Gasteiger charge is 2.44. The normalized spacial score (nSPS) is 20.8. The molecule has 8 nitrogen and oxygen atoms in total. The van der Waals surface area contributed by atoms with E-state index in [1.807, 2.05) is 6.08 Å². The number of β-amino-alcohol motifs (C(OH)–C–C–N with tert-alkyl or cyclic N) is 1. The lowest BCUT2D eigenvalue weighted by Gasteiger charge is -2.32. The quantitative estimate of drug-likeness (QED) is 0.282. The van der Waals surface area contributed by atoms with Gasteiger partial charge in [0.05, 0.1) is 25.6 Å². The number of hydrogen-bond donors (Lipinski definition) is 1. The van der Waals surface area contributed by atoms with Crippen LogP contribution in [0.25, 0.3) is 0 Å². The van der Waals surface area contributed by atoms with Crippen LogP contribution in [0.4, 0.5) is 0 Å². The van der Waals surface area contributed by atoms with Gasteiger partial charge in [-0.05, 0) is 46.0 Å². The van der Waals surface area contributed by atoms with Crippen molar-refractivity contribution in [2.75, 3.05) is 27.4 Å². The summed E-state index contributed by atoms with van der Waals surface area (Å²) in [7, 11) is 2.81. The molecular formula is C23H39NO7.